The zero-order valence-electron chi connectivity index (χ0n) is 12.5. The molecule has 0 bridgehead atoms. The first-order chi connectivity index (χ1) is 9.93. The molecule has 2 rings (SSSR count). The standard InChI is InChI=1S/C15H22N2O3S/c1-3-21(19,20)16-14-9-5-4-8-13(14)15(18)17-10-6-7-12(2)11-17/h4-5,8-9,12,16H,3,6-7,10-11H2,1-2H3/t12-/m1/s1. The van der Waals surface area contributed by atoms with Gasteiger partial charge in [-0.1, -0.05) is 19.1 Å². The summed E-state index contributed by atoms with van der Waals surface area (Å²) in [6.07, 6.45) is 2.13. The average Bonchev–Trinajstić information content (AvgIpc) is 2.47. The summed E-state index contributed by atoms with van der Waals surface area (Å²) in [5.74, 6) is 0.370. The molecule has 5 nitrogen and oxygen atoms in total. The van der Waals surface area contributed by atoms with E-state index in [1.807, 2.05) is 4.90 Å². The van der Waals surface area contributed by atoms with E-state index in [1.54, 1.807) is 31.2 Å². The SMILES string of the molecule is CCS(=O)(=O)Nc1ccccc1C(=O)N1CCC[C@@H](C)C1. The van der Waals surface area contributed by atoms with Crippen LogP contribution in [0.15, 0.2) is 24.3 Å². The summed E-state index contributed by atoms with van der Waals surface area (Å²) in [5.41, 5.74) is 0.784. The molecule has 0 radical (unpaired) electrons. The summed E-state index contributed by atoms with van der Waals surface area (Å²) in [4.78, 5) is 14.4. The highest BCUT2D eigenvalue weighted by Gasteiger charge is 2.24. The molecule has 116 valence electrons. The van der Waals surface area contributed by atoms with Crippen molar-refractivity contribution in [3.63, 3.8) is 0 Å². The van der Waals surface area contributed by atoms with Gasteiger partial charge in [-0.15, -0.1) is 0 Å². The van der Waals surface area contributed by atoms with Crippen LogP contribution in [0.3, 0.4) is 0 Å². The third kappa shape index (κ3) is 3.97. The van der Waals surface area contributed by atoms with E-state index in [2.05, 4.69) is 11.6 Å². The summed E-state index contributed by atoms with van der Waals surface area (Å²) < 4.78 is 26.0. The number of carbonyl (C=O) groups is 1. The summed E-state index contributed by atoms with van der Waals surface area (Å²) in [5, 5.41) is 0. The summed E-state index contributed by atoms with van der Waals surface area (Å²) in [7, 11) is -3.39. The van der Waals surface area contributed by atoms with Crippen molar-refractivity contribution in [1.82, 2.24) is 4.90 Å². The van der Waals surface area contributed by atoms with Crippen molar-refractivity contribution in [2.45, 2.75) is 26.7 Å². The number of nitrogens with zero attached hydrogens (tertiary/aromatic N) is 1. The van der Waals surface area contributed by atoms with Gasteiger partial charge in [-0.05, 0) is 37.8 Å². The normalized spacial score (nSPS) is 19.3. The second kappa shape index (κ2) is 6.47. The van der Waals surface area contributed by atoms with Crippen molar-refractivity contribution in [2.24, 2.45) is 5.92 Å². The number of carbonyl (C=O) groups excluding carboxylic acids is 1. The van der Waals surface area contributed by atoms with Gasteiger partial charge in [0, 0.05) is 13.1 Å². The zero-order chi connectivity index (χ0) is 15.5. The smallest absolute Gasteiger partial charge is 0.255 e. The van der Waals surface area contributed by atoms with Gasteiger partial charge in [0.05, 0.1) is 17.0 Å². The van der Waals surface area contributed by atoms with E-state index < -0.39 is 10.0 Å². The van der Waals surface area contributed by atoms with Gasteiger partial charge < -0.3 is 4.90 Å². The van der Waals surface area contributed by atoms with Crippen LogP contribution >= 0.6 is 0 Å². The minimum atomic E-state index is -3.39. The largest absolute Gasteiger partial charge is 0.338 e. The first-order valence-corrected chi connectivity index (χ1v) is 8.97. The number of likely N-dealkylation sites (tertiary alicyclic amines) is 1. The van der Waals surface area contributed by atoms with Gasteiger partial charge in [-0.25, -0.2) is 8.42 Å². The maximum Gasteiger partial charge on any atom is 0.255 e. The molecule has 6 heteroatoms. The minimum absolute atomic E-state index is 0.0176. The lowest BCUT2D eigenvalue weighted by Crippen LogP contribution is -2.39. The van der Waals surface area contributed by atoms with Crippen molar-refractivity contribution in [3.05, 3.63) is 29.8 Å². The zero-order valence-corrected chi connectivity index (χ0v) is 13.3. The van der Waals surface area contributed by atoms with E-state index in [4.69, 9.17) is 0 Å². The van der Waals surface area contributed by atoms with Gasteiger partial charge in [0.15, 0.2) is 0 Å². The third-order valence-electron chi connectivity index (χ3n) is 3.75. The third-order valence-corrected chi connectivity index (χ3v) is 5.04. The number of piperidine rings is 1. The Morgan fingerprint density at radius 1 is 1.38 bits per heavy atom. The molecule has 1 N–H and O–H groups in total. The van der Waals surface area contributed by atoms with E-state index in [1.165, 1.54) is 0 Å². The minimum Gasteiger partial charge on any atom is -0.338 e. The number of anilines is 1. The molecular weight excluding hydrogens is 288 g/mol. The fourth-order valence-electron chi connectivity index (χ4n) is 2.54. The molecule has 1 heterocycles. The van der Waals surface area contributed by atoms with Crippen molar-refractivity contribution in [2.75, 3.05) is 23.6 Å². The predicted molar refractivity (Wildman–Crippen MR) is 83.8 cm³/mol. The van der Waals surface area contributed by atoms with Crippen LogP contribution < -0.4 is 4.72 Å². The van der Waals surface area contributed by atoms with Gasteiger partial charge in [-0.3, -0.25) is 9.52 Å². The van der Waals surface area contributed by atoms with Crippen LogP contribution in [0.1, 0.15) is 37.0 Å². The maximum atomic E-state index is 12.6. The lowest BCUT2D eigenvalue weighted by Gasteiger charge is -2.31. The van der Waals surface area contributed by atoms with E-state index in [0.29, 0.717) is 17.2 Å². The summed E-state index contributed by atoms with van der Waals surface area (Å²) >= 11 is 0. The second-order valence-corrected chi connectivity index (χ2v) is 7.56. The molecule has 1 aromatic carbocycles. The Balaban J connectivity index is 2.25. The van der Waals surface area contributed by atoms with E-state index in [-0.39, 0.29) is 11.7 Å². The number of hydrogen-bond donors (Lipinski definition) is 1. The topological polar surface area (TPSA) is 66.5 Å². The number of benzene rings is 1. The van der Waals surface area contributed by atoms with E-state index in [9.17, 15) is 13.2 Å². The Hall–Kier alpha value is -1.56. The van der Waals surface area contributed by atoms with Crippen molar-refractivity contribution >= 4 is 21.6 Å². The monoisotopic (exact) mass is 310 g/mol. The average molecular weight is 310 g/mol. The molecule has 0 saturated carbocycles. The number of rotatable bonds is 4. The Kier molecular flexibility index (Phi) is 4.88. The molecule has 0 spiro atoms. The molecule has 0 unspecified atom stereocenters. The van der Waals surface area contributed by atoms with Crippen molar-refractivity contribution in [3.8, 4) is 0 Å². The molecule has 21 heavy (non-hydrogen) atoms. The lowest BCUT2D eigenvalue weighted by molar-refractivity contribution is 0.0684. The van der Waals surface area contributed by atoms with Crippen LogP contribution in [-0.4, -0.2) is 38.1 Å². The van der Waals surface area contributed by atoms with Crippen LogP contribution in [0.4, 0.5) is 5.69 Å². The van der Waals surface area contributed by atoms with Gasteiger partial charge in [-0.2, -0.15) is 0 Å². The summed E-state index contributed by atoms with van der Waals surface area (Å²) in [6, 6.07) is 6.79. The van der Waals surface area contributed by atoms with Crippen molar-refractivity contribution < 1.29 is 13.2 Å². The van der Waals surface area contributed by atoms with Crippen LogP contribution in [0, 0.1) is 5.92 Å². The molecule has 1 aliphatic rings. The highest BCUT2D eigenvalue weighted by Crippen LogP contribution is 2.22. The highest BCUT2D eigenvalue weighted by molar-refractivity contribution is 7.92. The molecule has 0 aliphatic carbocycles. The van der Waals surface area contributed by atoms with E-state index >= 15 is 0 Å². The Labute approximate surface area is 126 Å². The number of amides is 1. The molecule has 1 saturated heterocycles. The Bertz CT molecular complexity index is 613. The molecule has 0 aromatic heterocycles. The predicted octanol–water partition coefficient (Wildman–Crippen LogP) is 2.32. The van der Waals surface area contributed by atoms with Crippen LogP contribution in [0.2, 0.25) is 0 Å². The number of sulfonamides is 1. The molecular formula is C15H22N2O3S. The van der Waals surface area contributed by atoms with E-state index in [0.717, 1.165) is 25.9 Å². The van der Waals surface area contributed by atoms with Gasteiger partial charge in [0.1, 0.15) is 0 Å². The van der Waals surface area contributed by atoms with Crippen LogP contribution in [-0.2, 0) is 10.0 Å². The first kappa shape index (κ1) is 15.8. The lowest BCUT2D eigenvalue weighted by atomic mass is 9.99. The van der Waals surface area contributed by atoms with Gasteiger partial charge >= 0.3 is 0 Å². The molecule has 1 atom stereocenters. The summed E-state index contributed by atoms with van der Waals surface area (Å²) in [6.45, 7) is 5.16. The highest BCUT2D eigenvalue weighted by atomic mass is 32.2. The Morgan fingerprint density at radius 2 is 2.10 bits per heavy atom. The Morgan fingerprint density at radius 3 is 2.76 bits per heavy atom. The number of para-hydroxylation sites is 1. The first-order valence-electron chi connectivity index (χ1n) is 7.31. The van der Waals surface area contributed by atoms with Gasteiger partial charge in [0.25, 0.3) is 5.91 Å². The fraction of sp³-hybridized carbons (Fsp3) is 0.533. The fourth-order valence-corrected chi connectivity index (χ4v) is 3.20. The molecule has 1 aromatic rings. The maximum absolute atomic E-state index is 12.6. The molecule has 1 aliphatic heterocycles. The van der Waals surface area contributed by atoms with Crippen molar-refractivity contribution in [1.29, 1.82) is 0 Å². The van der Waals surface area contributed by atoms with Crippen LogP contribution in [0.5, 0.6) is 0 Å². The molecule has 1 amide bonds. The second-order valence-electron chi connectivity index (χ2n) is 5.55. The quantitative estimate of drug-likeness (QED) is 0.928. The number of hydrogen-bond acceptors (Lipinski definition) is 3. The van der Waals surface area contributed by atoms with Crippen LogP contribution in [0.25, 0.3) is 0 Å². The molecule has 1 fully saturated rings. The van der Waals surface area contributed by atoms with Gasteiger partial charge in [0.2, 0.25) is 10.0 Å². The number of nitrogens with one attached hydrogen (secondary N) is 1.